The first kappa shape index (κ1) is 13.1. The summed E-state index contributed by atoms with van der Waals surface area (Å²) in [7, 11) is 0. The summed E-state index contributed by atoms with van der Waals surface area (Å²) in [4.78, 5) is 2.50. The van der Waals surface area contributed by atoms with Gasteiger partial charge < -0.3 is 5.32 Å². The zero-order valence-corrected chi connectivity index (χ0v) is 11.3. The van der Waals surface area contributed by atoms with Crippen molar-refractivity contribution in [3.63, 3.8) is 0 Å². The van der Waals surface area contributed by atoms with E-state index in [1.54, 1.807) is 0 Å². The fraction of sp³-hybridized carbons (Fsp3) is 0.500. The molecule has 1 fully saturated rings. The van der Waals surface area contributed by atoms with Gasteiger partial charge in [0, 0.05) is 25.2 Å². The highest BCUT2D eigenvalue weighted by Crippen LogP contribution is 2.23. The van der Waals surface area contributed by atoms with Crippen LogP contribution in [0.1, 0.15) is 31.9 Å². The second kappa shape index (κ2) is 6.58. The SMILES string of the molecule is CC#CCN1CC(CC)NCC1c1ccccc1. The minimum Gasteiger partial charge on any atom is -0.311 e. The molecule has 0 bridgehead atoms. The van der Waals surface area contributed by atoms with Crippen LogP contribution in [0.5, 0.6) is 0 Å². The molecule has 1 N–H and O–H groups in total. The molecule has 1 aliphatic rings. The highest BCUT2D eigenvalue weighted by Gasteiger charge is 2.27. The lowest BCUT2D eigenvalue weighted by Crippen LogP contribution is -2.52. The van der Waals surface area contributed by atoms with Crippen LogP contribution in [0.4, 0.5) is 0 Å². The number of rotatable bonds is 3. The van der Waals surface area contributed by atoms with E-state index in [1.165, 1.54) is 12.0 Å². The van der Waals surface area contributed by atoms with E-state index in [1.807, 2.05) is 6.92 Å². The first-order valence-corrected chi connectivity index (χ1v) is 6.77. The Hall–Kier alpha value is -1.30. The van der Waals surface area contributed by atoms with E-state index < -0.39 is 0 Å². The third kappa shape index (κ3) is 3.13. The number of hydrogen-bond acceptors (Lipinski definition) is 2. The van der Waals surface area contributed by atoms with Gasteiger partial charge in [0.15, 0.2) is 0 Å². The minimum atomic E-state index is 0.454. The molecule has 0 spiro atoms. The van der Waals surface area contributed by atoms with Gasteiger partial charge in [0.05, 0.1) is 6.54 Å². The Balaban J connectivity index is 2.13. The molecular weight excluding hydrogens is 220 g/mol. The fourth-order valence-corrected chi connectivity index (χ4v) is 2.51. The first-order valence-electron chi connectivity index (χ1n) is 6.77. The van der Waals surface area contributed by atoms with Gasteiger partial charge in [-0.25, -0.2) is 0 Å². The Kier molecular flexibility index (Phi) is 4.81. The number of nitrogens with one attached hydrogen (secondary N) is 1. The zero-order chi connectivity index (χ0) is 12.8. The predicted molar refractivity (Wildman–Crippen MR) is 76.3 cm³/mol. The average Bonchev–Trinajstić information content (AvgIpc) is 2.45. The number of nitrogens with zero attached hydrogens (tertiary/aromatic N) is 1. The van der Waals surface area contributed by atoms with Crippen LogP contribution in [-0.4, -0.2) is 30.6 Å². The summed E-state index contributed by atoms with van der Waals surface area (Å²) >= 11 is 0. The van der Waals surface area contributed by atoms with Gasteiger partial charge in [-0.15, -0.1) is 5.92 Å². The number of benzene rings is 1. The van der Waals surface area contributed by atoms with Gasteiger partial charge in [-0.05, 0) is 18.9 Å². The molecule has 2 heteroatoms. The average molecular weight is 242 g/mol. The summed E-state index contributed by atoms with van der Waals surface area (Å²) in [5.41, 5.74) is 1.39. The van der Waals surface area contributed by atoms with Crippen molar-refractivity contribution < 1.29 is 0 Å². The molecule has 2 nitrogen and oxygen atoms in total. The van der Waals surface area contributed by atoms with Crippen LogP contribution in [0.3, 0.4) is 0 Å². The quantitative estimate of drug-likeness (QED) is 0.819. The maximum atomic E-state index is 3.63. The Morgan fingerprint density at radius 2 is 2.11 bits per heavy atom. The van der Waals surface area contributed by atoms with Crippen molar-refractivity contribution in [1.82, 2.24) is 10.2 Å². The third-order valence-corrected chi connectivity index (χ3v) is 3.63. The Morgan fingerprint density at radius 1 is 1.33 bits per heavy atom. The lowest BCUT2D eigenvalue weighted by Gasteiger charge is -2.39. The molecule has 96 valence electrons. The first-order chi connectivity index (χ1) is 8.85. The highest BCUT2D eigenvalue weighted by atomic mass is 15.2. The van der Waals surface area contributed by atoms with Crippen molar-refractivity contribution in [3.05, 3.63) is 35.9 Å². The van der Waals surface area contributed by atoms with Crippen LogP contribution < -0.4 is 5.32 Å². The summed E-state index contributed by atoms with van der Waals surface area (Å²) in [5, 5.41) is 3.63. The number of piperazine rings is 1. The van der Waals surface area contributed by atoms with E-state index in [4.69, 9.17) is 0 Å². The predicted octanol–water partition coefficient (Wildman–Crippen LogP) is 2.43. The smallest absolute Gasteiger partial charge is 0.0607 e. The Morgan fingerprint density at radius 3 is 2.78 bits per heavy atom. The molecule has 2 atom stereocenters. The molecule has 2 rings (SSSR count). The van der Waals surface area contributed by atoms with E-state index in [0.717, 1.165) is 19.6 Å². The van der Waals surface area contributed by atoms with E-state index >= 15 is 0 Å². The molecule has 1 aromatic rings. The standard InChI is InChI=1S/C16H22N2/c1-3-5-11-18-13-15(4-2)17-12-16(18)14-9-7-6-8-10-14/h6-10,15-17H,4,11-13H2,1-2H3. The lowest BCUT2D eigenvalue weighted by molar-refractivity contribution is 0.146. The van der Waals surface area contributed by atoms with Crippen LogP contribution in [0.25, 0.3) is 0 Å². The molecule has 1 aromatic carbocycles. The normalized spacial score (nSPS) is 24.3. The summed E-state index contributed by atoms with van der Waals surface area (Å²) in [5.74, 6) is 6.22. The molecule has 18 heavy (non-hydrogen) atoms. The molecule has 1 saturated heterocycles. The van der Waals surface area contributed by atoms with Gasteiger partial charge in [-0.3, -0.25) is 4.90 Å². The van der Waals surface area contributed by atoms with Crippen molar-refractivity contribution in [3.8, 4) is 11.8 Å². The van der Waals surface area contributed by atoms with Crippen LogP contribution in [-0.2, 0) is 0 Å². The van der Waals surface area contributed by atoms with E-state index in [-0.39, 0.29) is 0 Å². The Bertz CT molecular complexity index is 416. The van der Waals surface area contributed by atoms with E-state index in [0.29, 0.717) is 12.1 Å². The second-order valence-corrected chi connectivity index (χ2v) is 4.80. The highest BCUT2D eigenvalue weighted by molar-refractivity contribution is 5.21. The molecule has 1 aliphatic heterocycles. The summed E-state index contributed by atoms with van der Waals surface area (Å²) in [6.45, 7) is 7.13. The maximum absolute atomic E-state index is 3.63. The topological polar surface area (TPSA) is 15.3 Å². The van der Waals surface area contributed by atoms with Crippen LogP contribution in [0.2, 0.25) is 0 Å². The van der Waals surface area contributed by atoms with Gasteiger partial charge in [0.25, 0.3) is 0 Å². The van der Waals surface area contributed by atoms with E-state index in [9.17, 15) is 0 Å². The van der Waals surface area contributed by atoms with E-state index in [2.05, 4.69) is 59.3 Å². The largest absolute Gasteiger partial charge is 0.311 e. The van der Waals surface area contributed by atoms with Gasteiger partial charge in [-0.2, -0.15) is 0 Å². The van der Waals surface area contributed by atoms with Crippen LogP contribution >= 0.6 is 0 Å². The van der Waals surface area contributed by atoms with Crippen molar-refractivity contribution in [2.24, 2.45) is 0 Å². The molecule has 1 heterocycles. The molecule has 0 saturated carbocycles. The molecule has 0 aliphatic carbocycles. The second-order valence-electron chi connectivity index (χ2n) is 4.80. The molecule has 0 radical (unpaired) electrons. The van der Waals surface area contributed by atoms with Crippen LogP contribution in [0, 0.1) is 11.8 Å². The monoisotopic (exact) mass is 242 g/mol. The Labute approximate surface area is 110 Å². The summed E-state index contributed by atoms with van der Waals surface area (Å²) < 4.78 is 0. The minimum absolute atomic E-state index is 0.454. The molecule has 0 aromatic heterocycles. The van der Waals surface area contributed by atoms with Crippen LogP contribution in [0.15, 0.2) is 30.3 Å². The molecule has 0 amide bonds. The van der Waals surface area contributed by atoms with Gasteiger partial charge in [0.2, 0.25) is 0 Å². The number of hydrogen-bond donors (Lipinski definition) is 1. The lowest BCUT2D eigenvalue weighted by atomic mass is 10.0. The maximum Gasteiger partial charge on any atom is 0.0607 e. The van der Waals surface area contributed by atoms with Gasteiger partial charge >= 0.3 is 0 Å². The summed E-state index contributed by atoms with van der Waals surface area (Å²) in [6, 6.07) is 11.8. The summed E-state index contributed by atoms with van der Waals surface area (Å²) in [6.07, 6.45) is 1.18. The fourth-order valence-electron chi connectivity index (χ4n) is 2.51. The third-order valence-electron chi connectivity index (χ3n) is 3.63. The zero-order valence-electron chi connectivity index (χ0n) is 11.3. The van der Waals surface area contributed by atoms with Gasteiger partial charge in [0.1, 0.15) is 0 Å². The molecular formula is C16H22N2. The van der Waals surface area contributed by atoms with Gasteiger partial charge in [-0.1, -0.05) is 43.2 Å². The van der Waals surface area contributed by atoms with Crippen molar-refractivity contribution >= 4 is 0 Å². The molecule has 2 unspecified atom stereocenters. The van der Waals surface area contributed by atoms with Crippen molar-refractivity contribution in [2.45, 2.75) is 32.4 Å². The van der Waals surface area contributed by atoms with Crippen molar-refractivity contribution in [2.75, 3.05) is 19.6 Å². The van der Waals surface area contributed by atoms with Crippen molar-refractivity contribution in [1.29, 1.82) is 0 Å².